The Labute approximate surface area is 80.8 Å². The van der Waals surface area contributed by atoms with E-state index in [1.807, 2.05) is 0 Å². The number of carboxylic acid groups (broad SMARTS) is 1. The number of carbonyl (C=O) groups is 1. The van der Waals surface area contributed by atoms with Gasteiger partial charge < -0.3 is 9.84 Å². The van der Waals surface area contributed by atoms with Crippen LogP contribution in [0.3, 0.4) is 0 Å². The van der Waals surface area contributed by atoms with Crippen molar-refractivity contribution < 1.29 is 14.6 Å². The van der Waals surface area contributed by atoms with Crippen molar-refractivity contribution in [3.63, 3.8) is 0 Å². The summed E-state index contributed by atoms with van der Waals surface area (Å²) < 4.78 is 4.95. The fraction of sp³-hybridized carbons (Fsp3) is 0.200. The lowest BCUT2D eigenvalue weighted by Gasteiger charge is -2.07. The van der Waals surface area contributed by atoms with Gasteiger partial charge in [0.15, 0.2) is 11.9 Å². The molecule has 1 N–H and O–H groups in total. The third-order valence-corrected chi connectivity index (χ3v) is 1.61. The Bertz CT molecular complexity index is 386. The van der Waals surface area contributed by atoms with E-state index in [9.17, 15) is 9.59 Å². The van der Waals surface area contributed by atoms with E-state index in [1.54, 1.807) is 18.2 Å². The molecule has 0 aliphatic heterocycles. The summed E-state index contributed by atoms with van der Waals surface area (Å²) in [7, 11) is 0. The molecule has 0 aromatic heterocycles. The standard InChI is InChI=1S/C10H10O4/c1-7(10(12)13)14-9-6-4-2-3-5-8(9)11/h2-7H,1H3,(H,12,13). The average Bonchev–Trinajstić information content (AvgIpc) is 2.32. The molecule has 1 aromatic carbocycles. The van der Waals surface area contributed by atoms with Crippen LogP contribution in [0.25, 0.3) is 0 Å². The van der Waals surface area contributed by atoms with Crippen molar-refractivity contribution in [2.45, 2.75) is 13.0 Å². The van der Waals surface area contributed by atoms with E-state index >= 15 is 0 Å². The molecule has 4 nitrogen and oxygen atoms in total. The molecule has 1 atom stereocenters. The lowest BCUT2D eigenvalue weighted by molar-refractivity contribution is -0.144. The highest BCUT2D eigenvalue weighted by molar-refractivity contribution is 5.72. The lowest BCUT2D eigenvalue weighted by Crippen LogP contribution is -2.24. The zero-order valence-corrected chi connectivity index (χ0v) is 7.64. The van der Waals surface area contributed by atoms with Gasteiger partial charge in [0.2, 0.25) is 5.43 Å². The van der Waals surface area contributed by atoms with Crippen LogP contribution in [0.5, 0.6) is 5.75 Å². The van der Waals surface area contributed by atoms with E-state index in [-0.39, 0.29) is 11.2 Å². The van der Waals surface area contributed by atoms with E-state index in [2.05, 4.69) is 0 Å². The van der Waals surface area contributed by atoms with Gasteiger partial charge in [0.05, 0.1) is 0 Å². The summed E-state index contributed by atoms with van der Waals surface area (Å²) in [5, 5.41) is 8.57. The van der Waals surface area contributed by atoms with Gasteiger partial charge >= 0.3 is 5.97 Å². The molecule has 14 heavy (non-hydrogen) atoms. The van der Waals surface area contributed by atoms with Crippen molar-refractivity contribution in [3.05, 3.63) is 40.6 Å². The molecule has 0 heterocycles. The highest BCUT2D eigenvalue weighted by Gasteiger charge is 2.12. The highest BCUT2D eigenvalue weighted by atomic mass is 16.5. The molecular formula is C10H10O4. The van der Waals surface area contributed by atoms with Crippen molar-refractivity contribution in [2.75, 3.05) is 0 Å². The molecular weight excluding hydrogens is 184 g/mol. The van der Waals surface area contributed by atoms with E-state index in [0.29, 0.717) is 0 Å². The van der Waals surface area contributed by atoms with E-state index in [4.69, 9.17) is 9.84 Å². The van der Waals surface area contributed by atoms with Crippen LogP contribution in [0.1, 0.15) is 6.92 Å². The SMILES string of the molecule is CC(Oc1cccccc1=O)C(=O)O. The van der Waals surface area contributed by atoms with Crippen LogP contribution in [0.15, 0.2) is 35.1 Å². The second-order valence-corrected chi connectivity index (χ2v) is 2.74. The average molecular weight is 194 g/mol. The third-order valence-electron chi connectivity index (χ3n) is 1.61. The molecule has 0 aliphatic rings. The minimum Gasteiger partial charge on any atom is -0.479 e. The number of rotatable bonds is 3. The molecule has 0 radical (unpaired) electrons. The molecule has 0 saturated heterocycles. The molecule has 4 heteroatoms. The van der Waals surface area contributed by atoms with Gasteiger partial charge in [-0.2, -0.15) is 0 Å². The van der Waals surface area contributed by atoms with Gasteiger partial charge in [-0.1, -0.05) is 18.2 Å². The summed E-state index contributed by atoms with van der Waals surface area (Å²) >= 11 is 0. The predicted octanol–water partition coefficient (Wildman–Crippen LogP) is 0.899. The molecule has 0 bridgehead atoms. The van der Waals surface area contributed by atoms with Crippen LogP contribution in [-0.2, 0) is 4.79 Å². The summed E-state index contributed by atoms with van der Waals surface area (Å²) in [6, 6.07) is 7.62. The van der Waals surface area contributed by atoms with E-state index < -0.39 is 12.1 Å². The van der Waals surface area contributed by atoms with Crippen LogP contribution in [0.4, 0.5) is 0 Å². The molecule has 74 valence electrons. The maximum atomic E-state index is 11.3. The van der Waals surface area contributed by atoms with E-state index in [0.717, 1.165) is 0 Å². The largest absolute Gasteiger partial charge is 0.479 e. The van der Waals surface area contributed by atoms with Gasteiger partial charge in [-0.3, -0.25) is 4.79 Å². The van der Waals surface area contributed by atoms with Gasteiger partial charge in [-0.05, 0) is 19.1 Å². The van der Waals surface area contributed by atoms with Gasteiger partial charge in [0, 0.05) is 0 Å². The van der Waals surface area contributed by atoms with Gasteiger partial charge in [-0.25, -0.2) is 4.79 Å². The number of hydrogen-bond acceptors (Lipinski definition) is 3. The highest BCUT2D eigenvalue weighted by Crippen LogP contribution is 2.03. The zero-order chi connectivity index (χ0) is 10.6. The Kier molecular flexibility index (Phi) is 3.23. The van der Waals surface area contributed by atoms with Crippen LogP contribution in [0.2, 0.25) is 0 Å². The van der Waals surface area contributed by atoms with Gasteiger partial charge in [-0.15, -0.1) is 0 Å². The Hall–Kier alpha value is -1.84. The first kappa shape index (κ1) is 10.2. The van der Waals surface area contributed by atoms with Crippen LogP contribution in [0, 0.1) is 0 Å². The first-order valence-corrected chi connectivity index (χ1v) is 4.10. The predicted molar refractivity (Wildman–Crippen MR) is 50.4 cm³/mol. The van der Waals surface area contributed by atoms with Gasteiger partial charge in [0.1, 0.15) is 0 Å². The zero-order valence-electron chi connectivity index (χ0n) is 7.64. The maximum absolute atomic E-state index is 11.3. The fourth-order valence-electron chi connectivity index (χ4n) is 0.853. The Morgan fingerprint density at radius 3 is 2.64 bits per heavy atom. The van der Waals surface area contributed by atoms with Crippen LogP contribution in [-0.4, -0.2) is 17.2 Å². The molecule has 0 aliphatic carbocycles. The minimum atomic E-state index is -1.10. The monoisotopic (exact) mass is 194 g/mol. The normalized spacial score (nSPS) is 11.8. The number of hydrogen-bond donors (Lipinski definition) is 1. The van der Waals surface area contributed by atoms with Gasteiger partial charge in [0.25, 0.3) is 0 Å². The summed E-state index contributed by atoms with van der Waals surface area (Å²) in [4.78, 5) is 21.7. The smallest absolute Gasteiger partial charge is 0.344 e. The van der Waals surface area contributed by atoms with Crippen molar-refractivity contribution in [2.24, 2.45) is 0 Å². The second kappa shape index (κ2) is 4.41. The van der Waals surface area contributed by atoms with E-state index in [1.165, 1.54) is 19.1 Å². The fourth-order valence-corrected chi connectivity index (χ4v) is 0.853. The first-order chi connectivity index (χ1) is 6.61. The van der Waals surface area contributed by atoms with Crippen molar-refractivity contribution in [3.8, 4) is 5.75 Å². The summed E-state index contributed by atoms with van der Waals surface area (Å²) in [6.45, 7) is 1.37. The first-order valence-electron chi connectivity index (χ1n) is 4.10. The Morgan fingerprint density at radius 2 is 2.00 bits per heavy atom. The van der Waals surface area contributed by atoms with Crippen molar-refractivity contribution >= 4 is 5.97 Å². The molecule has 0 amide bonds. The third kappa shape index (κ3) is 2.58. The molecule has 1 rings (SSSR count). The number of ether oxygens (including phenoxy) is 1. The molecule has 1 aromatic rings. The maximum Gasteiger partial charge on any atom is 0.344 e. The van der Waals surface area contributed by atoms with Crippen LogP contribution < -0.4 is 10.2 Å². The van der Waals surface area contributed by atoms with Crippen LogP contribution >= 0.6 is 0 Å². The number of carboxylic acids is 1. The Morgan fingerprint density at radius 1 is 1.36 bits per heavy atom. The van der Waals surface area contributed by atoms with Crippen molar-refractivity contribution in [1.82, 2.24) is 0 Å². The lowest BCUT2D eigenvalue weighted by atomic mass is 10.4. The van der Waals surface area contributed by atoms with Crippen molar-refractivity contribution in [1.29, 1.82) is 0 Å². The molecule has 0 spiro atoms. The second-order valence-electron chi connectivity index (χ2n) is 2.74. The topological polar surface area (TPSA) is 63.6 Å². The molecule has 0 saturated carbocycles. The number of aliphatic carboxylic acids is 1. The Balaban J connectivity index is 2.94. The molecule has 0 fully saturated rings. The summed E-state index contributed by atoms with van der Waals surface area (Å²) in [6.07, 6.45) is -1.02. The molecule has 1 unspecified atom stereocenters. The summed E-state index contributed by atoms with van der Waals surface area (Å²) in [5.74, 6) is -1.05. The summed E-state index contributed by atoms with van der Waals surface area (Å²) in [5.41, 5.74) is -0.330. The quantitative estimate of drug-likeness (QED) is 0.776. The minimum absolute atomic E-state index is 0.0462.